The van der Waals surface area contributed by atoms with Crippen molar-refractivity contribution < 1.29 is 19.0 Å². The number of halogens is 1. The lowest BCUT2D eigenvalue weighted by atomic mass is 9.94. The largest absolute Gasteiger partial charge is 0.493 e. The van der Waals surface area contributed by atoms with Crippen molar-refractivity contribution in [2.75, 3.05) is 20.8 Å². The van der Waals surface area contributed by atoms with Crippen LogP contribution in [0.4, 0.5) is 4.39 Å². The summed E-state index contributed by atoms with van der Waals surface area (Å²) in [6, 6.07) is 3.16. The number of hydrogen-bond acceptors (Lipinski definition) is 4. The van der Waals surface area contributed by atoms with Gasteiger partial charge in [0.2, 0.25) is 0 Å². The lowest BCUT2D eigenvalue weighted by Gasteiger charge is -2.22. The lowest BCUT2D eigenvalue weighted by molar-refractivity contribution is 0.183. The van der Waals surface area contributed by atoms with Crippen molar-refractivity contribution in [3.05, 3.63) is 23.3 Å². The molecule has 0 saturated heterocycles. The van der Waals surface area contributed by atoms with Crippen molar-refractivity contribution in [1.82, 2.24) is 0 Å². The number of hydrogen-bond donors (Lipinski definition) is 2. The molecule has 0 radical (unpaired) electrons. The number of aliphatic hydroxyl groups excluding tert-OH is 1. The summed E-state index contributed by atoms with van der Waals surface area (Å²) in [6.07, 6.45) is -0.856. The van der Waals surface area contributed by atoms with E-state index in [2.05, 4.69) is 0 Å². The average molecular weight is 257 g/mol. The first-order valence-corrected chi connectivity index (χ1v) is 5.68. The van der Waals surface area contributed by atoms with Gasteiger partial charge in [0.25, 0.3) is 0 Å². The zero-order chi connectivity index (χ0) is 13.9. The van der Waals surface area contributed by atoms with Crippen LogP contribution in [0.1, 0.15) is 31.1 Å². The summed E-state index contributed by atoms with van der Waals surface area (Å²) in [5, 5.41) is 9.76. The summed E-state index contributed by atoms with van der Waals surface area (Å²) in [4.78, 5) is 0. The Kier molecular flexibility index (Phi) is 4.53. The van der Waals surface area contributed by atoms with Gasteiger partial charge in [-0.15, -0.1) is 0 Å². The fourth-order valence-corrected chi connectivity index (χ4v) is 1.76. The highest BCUT2D eigenvalue weighted by Gasteiger charge is 2.27. The molecule has 4 nitrogen and oxygen atoms in total. The van der Waals surface area contributed by atoms with E-state index in [1.165, 1.54) is 28.1 Å². The van der Waals surface area contributed by atoms with Gasteiger partial charge in [-0.05, 0) is 31.5 Å². The van der Waals surface area contributed by atoms with Gasteiger partial charge < -0.3 is 20.3 Å². The molecule has 5 heteroatoms. The first kappa shape index (κ1) is 14.7. The average Bonchev–Trinajstić information content (AvgIpc) is 2.34. The maximum atomic E-state index is 14.2. The van der Waals surface area contributed by atoms with E-state index in [0.717, 1.165) is 0 Å². The summed E-state index contributed by atoms with van der Waals surface area (Å²) in [7, 11) is 2.91. The number of methoxy groups -OCH3 is 2. The standard InChI is InChI=1S/C13H20FNO3/c1-13(2,14)9-5-8(10(16)7-15)6-11(17-3)12(9)18-4/h5-6,10,16H,7,15H2,1-4H3. The van der Waals surface area contributed by atoms with Crippen molar-refractivity contribution in [3.8, 4) is 11.5 Å². The summed E-state index contributed by atoms with van der Waals surface area (Å²) < 4.78 is 24.5. The fourth-order valence-electron chi connectivity index (χ4n) is 1.76. The van der Waals surface area contributed by atoms with Crippen LogP contribution in [-0.4, -0.2) is 25.9 Å². The molecule has 3 N–H and O–H groups in total. The quantitative estimate of drug-likeness (QED) is 0.845. The normalized spacial score (nSPS) is 13.3. The van der Waals surface area contributed by atoms with Gasteiger partial charge in [-0.2, -0.15) is 0 Å². The Bertz CT molecular complexity index is 415. The Morgan fingerprint density at radius 3 is 2.33 bits per heavy atom. The minimum absolute atomic E-state index is 0.0572. The van der Waals surface area contributed by atoms with Crippen LogP contribution in [0.15, 0.2) is 12.1 Å². The predicted octanol–water partition coefficient (Wildman–Crippen LogP) is 1.90. The third kappa shape index (κ3) is 2.91. The van der Waals surface area contributed by atoms with Crippen LogP contribution in [0.25, 0.3) is 0 Å². The second-order valence-corrected chi connectivity index (χ2v) is 4.53. The molecule has 1 unspecified atom stereocenters. The molecule has 102 valence electrons. The molecule has 0 saturated carbocycles. The molecule has 0 aromatic heterocycles. The van der Waals surface area contributed by atoms with E-state index in [-0.39, 0.29) is 6.54 Å². The van der Waals surface area contributed by atoms with Crippen molar-refractivity contribution in [2.45, 2.75) is 25.6 Å². The maximum absolute atomic E-state index is 14.2. The molecule has 1 atom stereocenters. The molecule has 0 heterocycles. The number of nitrogens with two attached hydrogens (primary N) is 1. The van der Waals surface area contributed by atoms with E-state index >= 15 is 0 Å². The van der Waals surface area contributed by atoms with Gasteiger partial charge in [0.1, 0.15) is 5.67 Å². The molecule has 0 aliphatic heterocycles. The molecule has 0 spiro atoms. The molecule has 1 aromatic rings. The second-order valence-electron chi connectivity index (χ2n) is 4.53. The highest BCUT2D eigenvalue weighted by molar-refractivity contribution is 5.52. The van der Waals surface area contributed by atoms with Gasteiger partial charge in [-0.25, -0.2) is 4.39 Å². The number of rotatable bonds is 5. The third-order valence-electron chi connectivity index (χ3n) is 2.75. The minimum Gasteiger partial charge on any atom is -0.493 e. The third-order valence-corrected chi connectivity index (χ3v) is 2.75. The number of ether oxygens (including phenoxy) is 2. The zero-order valence-electron chi connectivity index (χ0n) is 11.2. The van der Waals surface area contributed by atoms with Crippen molar-refractivity contribution in [1.29, 1.82) is 0 Å². The van der Waals surface area contributed by atoms with Crippen LogP contribution < -0.4 is 15.2 Å². The Balaban J connectivity index is 3.46. The summed E-state index contributed by atoms with van der Waals surface area (Å²) in [5.74, 6) is 0.709. The molecule has 0 fully saturated rings. The molecule has 0 aliphatic carbocycles. The molecule has 0 aliphatic rings. The number of aliphatic hydroxyl groups is 1. The van der Waals surface area contributed by atoms with Gasteiger partial charge in [0.15, 0.2) is 11.5 Å². The first-order chi connectivity index (χ1) is 8.35. The summed E-state index contributed by atoms with van der Waals surface area (Å²) >= 11 is 0. The fraction of sp³-hybridized carbons (Fsp3) is 0.538. The molecular formula is C13H20FNO3. The molecule has 0 bridgehead atoms. The number of benzene rings is 1. The Labute approximate surface area is 107 Å². The summed E-state index contributed by atoms with van der Waals surface area (Å²) in [5.41, 5.74) is 4.64. The van der Waals surface area contributed by atoms with Crippen LogP contribution in [0.5, 0.6) is 11.5 Å². The monoisotopic (exact) mass is 257 g/mol. The van der Waals surface area contributed by atoms with E-state index in [0.29, 0.717) is 22.6 Å². The molecular weight excluding hydrogens is 237 g/mol. The SMILES string of the molecule is COc1cc(C(O)CN)cc(C(C)(C)F)c1OC. The molecule has 1 rings (SSSR count). The van der Waals surface area contributed by atoms with Crippen LogP contribution in [0.2, 0.25) is 0 Å². The first-order valence-electron chi connectivity index (χ1n) is 5.68. The predicted molar refractivity (Wildman–Crippen MR) is 67.7 cm³/mol. The van der Waals surface area contributed by atoms with E-state index in [4.69, 9.17) is 15.2 Å². The smallest absolute Gasteiger partial charge is 0.167 e. The van der Waals surface area contributed by atoms with Crippen LogP contribution in [0.3, 0.4) is 0 Å². The van der Waals surface area contributed by atoms with E-state index < -0.39 is 11.8 Å². The Morgan fingerprint density at radius 1 is 1.33 bits per heavy atom. The molecule has 18 heavy (non-hydrogen) atoms. The van der Waals surface area contributed by atoms with E-state index in [9.17, 15) is 9.50 Å². The molecule has 0 amide bonds. The highest BCUT2D eigenvalue weighted by Crippen LogP contribution is 2.41. The zero-order valence-corrected chi connectivity index (χ0v) is 11.2. The highest BCUT2D eigenvalue weighted by atomic mass is 19.1. The van der Waals surface area contributed by atoms with Gasteiger partial charge in [-0.1, -0.05) is 0 Å². The maximum Gasteiger partial charge on any atom is 0.167 e. The van der Waals surface area contributed by atoms with Gasteiger partial charge in [0, 0.05) is 12.1 Å². The van der Waals surface area contributed by atoms with Crippen LogP contribution in [-0.2, 0) is 5.67 Å². The lowest BCUT2D eigenvalue weighted by Crippen LogP contribution is -2.16. The van der Waals surface area contributed by atoms with E-state index in [1.807, 2.05) is 0 Å². The number of alkyl halides is 1. The Morgan fingerprint density at radius 2 is 1.94 bits per heavy atom. The van der Waals surface area contributed by atoms with Gasteiger partial charge >= 0.3 is 0 Å². The van der Waals surface area contributed by atoms with Gasteiger partial charge in [0.05, 0.1) is 20.3 Å². The van der Waals surface area contributed by atoms with Crippen molar-refractivity contribution >= 4 is 0 Å². The molecule has 1 aromatic carbocycles. The van der Waals surface area contributed by atoms with Crippen molar-refractivity contribution in [3.63, 3.8) is 0 Å². The van der Waals surface area contributed by atoms with E-state index in [1.54, 1.807) is 12.1 Å². The summed E-state index contributed by atoms with van der Waals surface area (Å²) in [6.45, 7) is 2.90. The van der Waals surface area contributed by atoms with Crippen LogP contribution in [0, 0.1) is 0 Å². The Hall–Kier alpha value is -1.33. The minimum atomic E-state index is -1.61. The topological polar surface area (TPSA) is 64.7 Å². The van der Waals surface area contributed by atoms with Crippen LogP contribution >= 0.6 is 0 Å². The van der Waals surface area contributed by atoms with Crippen molar-refractivity contribution in [2.24, 2.45) is 5.73 Å². The second kappa shape index (κ2) is 5.54. The van der Waals surface area contributed by atoms with Gasteiger partial charge in [-0.3, -0.25) is 0 Å².